The number of anilines is 1. The third-order valence-electron chi connectivity index (χ3n) is 3.79. The van der Waals surface area contributed by atoms with Gasteiger partial charge in [-0.1, -0.05) is 11.3 Å². The minimum Gasteiger partial charge on any atom is -0.354 e. The quantitative estimate of drug-likeness (QED) is 0.909. The molecule has 0 saturated heterocycles. The molecule has 5 nitrogen and oxygen atoms in total. The minimum absolute atomic E-state index is 0.0251. The van der Waals surface area contributed by atoms with Gasteiger partial charge in [0.05, 0.1) is 9.58 Å². The number of nitrogens with two attached hydrogens (primary N) is 1. The van der Waals surface area contributed by atoms with Crippen LogP contribution in [0.3, 0.4) is 0 Å². The standard InChI is InChI=1S/C14H20N4OS2/c1-18(2)14-17-13-11(21-14)7-10(20-13)12(19)16-9-5-3-8(15)4-6-9/h7-9H,3-6,15H2,1-2H3,(H,16,19). The smallest absolute Gasteiger partial charge is 0.261 e. The molecule has 1 saturated carbocycles. The summed E-state index contributed by atoms with van der Waals surface area (Å²) < 4.78 is 1.08. The topological polar surface area (TPSA) is 71.2 Å². The van der Waals surface area contributed by atoms with Gasteiger partial charge in [0.2, 0.25) is 0 Å². The van der Waals surface area contributed by atoms with Crippen molar-refractivity contribution in [1.82, 2.24) is 10.3 Å². The van der Waals surface area contributed by atoms with Gasteiger partial charge in [0, 0.05) is 26.2 Å². The highest BCUT2D eigenvalue weighted by molar-refractivity contribution is 7.29. The van der Waals surface area contributed by atoms with Gasteiger partial charge in [0.25, 0.3) is 5.91 Å². The molecule has 0 atom stereocenters. The molecule has 1 aliphatic rings. The van der Waals surface area contributed by atoms with Crippen LogP contribution in [0.4, 0.5) is 5.13 Å². The molecular formula is C14H20N4OS2. The second-order valence-corrected chi connectivity index (χ2v) is 7.80. The van der Waals surface area contributed by atoms with E-state index >= 15 is 0 Å². The Morgan fingerprint density at radius 3 is 2.67 bits per heavy atom. The Hall–Kier alpha value is -1.18. The van der Waals surface area contributed by atoms with Crippen molar-refractivity contribution in [1.29, 1.82) is 0 Å². The summed E-state index contributed by atoms with van der Waals surface area (Å²) in [6, 6.07) is 2.52. The largest absolute Gasteiger partial charge is 0.354 e. The number of carbonyl (C=O) groups excluding carboxylic acids is 1. The Bertz CT molecular complexity index is 609. The van der Waals surface area contributed by atoms with E-state index in [0.717, 1.165) is 45.2 Å². The van der Waals surface area contributed by atoms with E-state index in [9.17, 15) is 4.79 Å². The van der Waals surface area contributed by atoms with E-state index in [0.29, 0.717) is 6.04 Å². The SMILES string of the molecule is CN(C)c1nc2sc(C(=O)NC3CCC(N)CC3)cc2s1. The molecule has 0 radical (unpaired) electrons. The lowest BCUT2D eigenvalue weighted by Gasteiger charge is -2.26. The first-order valence-electron chi connectivity index (χ1n) is 7.17. The number of amides is 1. The normalized spacial score (nSPS) is 22.4. The van der Waals surface area contributed by atoms with Gasteiger partial charge < -0.3 is 16.0 Å². The molecule has 2 aromatic rings. The van der Waals surface area contributed by atoms with E-state index in [1.54, 1.807) is 11.3 Å². The van der Waals surface area contributed by atoms with Crippen LogP contribution in [0.2, 0.25) is 0 Å². The highest BCUT2D eigenvalue weighted by atomic mass is 32.1. The second-order valence-electron chi connectivity index (χ2n) is 5.76. The maximum Gasteiger partial charge on any atom is 0.261 e. The summed E-state index contributed by atoms with van der Waals surface area (Å²) in [7, 11) is 3.95. The Kier molecular flexibility index (Phi) is 4.14. The Labute approximate surface area is 132 Å². The zero-order valence-electron chi connectivity index (χ0n) is 12.3. The van der Waals surface area contributed by atoms with E-state index in [1.165, 1.54) is 11.3 Å². The molecule has 114 valence electrons. The first-order chi connectivity index (χ1) is 10.0. The molecule has 2 heterocycles. The molecular weight excluding hydrogens is 304 g/mol. The van der Waals surface area contributed by atoms with Crippen LogP contribution in [0.5, 0.6) is 0 Å². The fraction of sp³-hybridized carbons (Fsp3) is 0.571. The molecule has 7 heteroatoms. The van der Waals surface area contributed by atoms with Crippen LogP contribution >= 0.6 is 22.7 Å². The number of hydrogen-bond donors (Lipinski definition) is 2. The molecule has 0 aliphatic heterocycles. The van der Waals surface area contributed by atoms with Crippen molar-refractivity contribution < 1.29 is 4.79 Å². The zero-order chi connectivity index (χ0) is 15.0. The zero-order valence-corrected chi connectivity index (χ0v) is 13.9. The number of fused-ring (bicyclic) bond motifs is 1. The van der Waals surface area contributed by atoms with Gasteiger partial charge in [-0.25, -0.2) is 4.98 Å². The number of nitrogens with one attached hydrogen (secondary N) is 1. The van der Waals surface area contributed by atoms with Crippen molar-refractivity contribution in [3.8, 4) is 0 Å². The Morgan fingerprint density at radius 2 is 2.05 bits per heavy atom. The summed E-state index contributed by atoms with van der Waals surface area (Å²) in [6.45, 7) is 0. The maximum absolute atomic E-state index is 12.3. The highest BCUT2D eigenvalue weighted by Crippen LogP contribution is 2.34. The summed E-state index contributed by atoms with van der Waals surface area (Å²) in [5.74, 6) is 0.0251. The molecule has 2 aromatic heterocycles. The van der Waals surface area contributed by atoms with E-state index in [4.69, 9.17) is 5.73 Å². The summed E-state index contributed by atoms with van der Waals surface area (Å²) >= 11 is 3.09. The number of hydrogen-bond acceptors (Lipinski definition) is 6. The van der Waals surface area contributed by atoms with E-state index in [-0.39, 0.29) is 11.9 Å². The summed E-state index contributed by atoms with van der Waals surface area (Å²) in [4.78, 5) is 20.5. The molecule has 0 unspecified atom stereocenters. The van der Waals surface area contributed by atoms with Crippen LogP contribution in [0.15, 0.2) is 6.07 Å². The minimum atomic E-state index is 0.0251. The first kappa shape index (κ1) is 14.7. The average Bonchev–Trinajstić information content (AvgIpc) is 2.99. The van der Waals surface area contributed by atoms with Gasteiger partial charge in [-0.05, 0) is 31.7 Å². The lowest BCUT2D eigenvalue weighted by molar-refractivity contribution is 0.0930. The molecule has 0 spiro atoms. The molecule has 3 rings (SSSR count). The van der Waals surface area contributed by atoms with Gasteiger partial charge in [0.15, 0.2) is 5.13 Å². The maximum atomic E-state index is 12.3. The van der Waals surface area contributed by atoms with Crippen LogP contribution in [-0.4, -0.2) is 37.1 Å². The van der Waals surface area contributed by atoms with E-state index in [1.807, 2.05) is 25.1 Å². The van der Waals surface area contributed by atoms with Gasteiger partial charge in [-0.15, -0.1) is 11.3 Å². The van der Waals surface area contributed by atoms with E-state index < -0.39 is 0 Å². The molecule has 1 fully saturated rings. The lowest BCUT2D eigenvalue weighted by atomic mass is 9.92. The van der Waals surface area contributed by atoms with Crippen LogP contribution in [0.1, 0.15) is 35.4 Å². The van der Waals surface area contributed by atoms with Crippen molar-refractivity contribution in [2.24, 2.45) is 5.73 Å². The third-order valence-corrected chi connectivity index (χ3v) is 6.12. The van der Waals surface area contributed by atoms with Crippen LogP contribution in [0.25, 0.3) is 9.53 Å². The monoisotopic (exact) mass is 324 g/mol. The fourth-order valence-electron chi connectivity index (χ4n) is 2.55. The van der Waals surface area contributed by atoms with Crippen LogP contribution < -0.4 is 16.0 Å². The van der Waals surface area contributed by atoms with Crippen molar-refractivity contribution in [3.05, 3.63) is 10.9 Å². The predicted molar refractivity (Wildman–Crippen MR) is 89.5 cm³/mol. The molecule has 3 N–H and O–H groups in total. The molecule has 0 bridgehead atoms. The predicted octanol–water partition coefficient (Wildman–Crippen LogP) is 2.42. The highest BCUT2D eigenvalue weighted by Gasteiger charge is 2.22. The van der Waals surface area contributed by atoms with Gasteiger partial charge in [-0.3, -0.25) is 4.79 Å². The van der Waals surface area contributed by atoms with Gasteiger partial charge in [-0.2, -0.15) is 0 Å². The molecule has 21 heavy (non-hydrogen) atoms. The first-order valence-corrected chi connectivity index (χ1v) is 8.80. The number of rotatable bonds is 3. The average molecular weight is 324 g/mol. The van der Waals surface area contributed by atoms with Crippen molar-refractivity contribution in [2.75, 3.05) is 19.0 Å². The Balaban J connectivity index is 1.68. The van der Waals surface area contributed by atoms with Crippen molar-refractivity contribution in [3.63, 3.8) is 0 Å². The van der Waals surface area contributed by atoms with Crippen molar-refractivity contribution >= 4 is 43.2 Å². The Morgan fingerprint density at radius 1 is 1.33 bits per heavy atom. The lowest BCUT2D eigenvalue weighted by Crippen LogP contribution is -2.40. The number of thiazole rings is 1. The van der Waals surface area contributed by atoms with Crippen LogP contribution in [-0.2, 0) is 0 Å². The fourth-order valence-corrected chi connectivity index (χ4v) is 4.58. The third kappa shape index (κ3) is 3.20. The van der Waals surface area contributed by atoms with Crippen LogP contribution in [0, 0.1) is 0 Å². The summed E-state index contributed by atoms with van der Waals surface area (Å²) in [5, 5.41) is 4.10. The van der Waals surface area contributed by atoms with Gasteiger partial charge >= 0.3 is 0 Å². The molecule has 1 aliphatic carbocycles. The number of aromatic nitrogens is 1. The number of carbonyl (C=O) groups is 1. The number of thiophene rings is 1. The number of nitrogens with zero attached hydrogens (tertiary/aromatic N) is 2. The van der Waals surface area contributed by atoms with Gasteiger partial charge in [0.1, 0.15) is 4.83 Å². The second kappa shape index (κ2) is 5.90. The molecule has 1 amide bonds. The van der Waals surface area contributed by atoms with E-state index in [2.05, 4.69) is 10.3 Å². The summed E-state index contributed by atoms with van der Waals surface area (Å²) in [6.07, 6.45) is 3.96. The van der Waals surface area contributed by atoms with Crippen molar-refractivity contribution in [2.45, 2.75) is 37.8 Å². The molecule has 0 aromatic carbocycles. The summed E-state index contributed by atoms with van der Waals surface area (Å²) in [5.41, 5.74) is 5.89.